The molecular weight excluding hydrogens is 470 g/mol. The third-order valence-electron chi connectivity index (χ3n) is 6.48. The van der Waals surface area contributed by atoms with Crippen molar-refractivity contribution in [2.75, 3.05) is 33.4 Å². The number of methoxy groups -OCH3 is 1. The van der Waals surface area contributed by atoms with Crippen LogP contribution in [0.5, 0.6) is 11.5 Å². The summed E-state index contributed by atoms with van der Waals surface area (Å²) in [4.78, 5) is 14.6. The lowest BCUT2D eigenvalue weighted by atomic mass is 9.87. The van der Waals surface area contributed by atoms with Crippen LogP contribution in [0.25, 0.3) is 10.8 Å². The molecule has 0 spiro atoms. The van der Waals surface area contributed by atoms with Gasteiger partial charge in [0.05, 0.1) is 25.9 Å². The van der Waals surface area contributed by atoms with Crippen molar-refractivity contribution in [1.29, 1.82) is 0 Å². The van der Waals surface area contributed by atoms with Crippen LogP contribution in [0.1, 0.15) is 44.2 Å². The summed E-state index contributed by atoms with van der Waals surface area (Å²) in [5.41, 5.74) is 1.44. The zero-order chi connectivity index (χ0) is 26.4. The lowest BCUT2D eigenvalue weighted by Gasteiger charge is -2.39. The van der Waals surface area contributed by atoms with E-state index in [0.717, 1.165) is 34.1 Å². The van der Waals surface area contributed by atoms with Crippen molar-refractivity contribution in [3.8, 4) is 11.5 Å². The lowest BCUT2D eigenvalue weighted by molar-refractivity contribution is -0.0364. The Hall–Kier alpha value is -3.29. The predicted molar refractivity (Wildman–Crippen MR) is 143 cm³/mol. The van der Waals surface area contributed by atoms with Crippen molar-refractivity contribution in [1.82, 2.24) is 4.90 Å². The van der Waals surface area contributed by atoms with Crippen LogP contribution in [0.2, 0.25) is 0 Å². The Kier molecular flexibility index (Phi) is 8.56. The first kappa shape index (κ1) is 26.8. The first-order valence-corrected chi connectivity index (χ1v) is 12.8. The Morgan fingerprint density at radius 2 is 1.78 bits per heavy atom. The molecule has 1 heterocycles. The normalized spacial score (nSPS) is 18.1. The molecule has 3 aromatic carbocycles. The van der Waals surface area contributed by atoms with Crippen molar-refractivity contribution in [2.24, 2.45) is 0 Å². The molecule has 1 N–H and O–H groups in total. The van der Waals surface area contributed by atoms with E-state index in [1.165, 1.54) is 0 Å². The number of likely N-dealkylation sites (tertiary alicyclic amines) is 1. The Morgan fingerprint density at radius 3 is 2.51 bits per heavy atom. The number of amides is 1. The minimum Gasteiger partial charge on any atom is -0.508 e. The van der Waals surface area contributed by atoms with E-state index < -0.39 is 5.60 Å². The van der Waals surface area contributed by atoms with Crippen molar-refractivity contribution in [3.05, 3.63) is 71.8 Å². The highest BCUT2D eigenvalue weighted by Crippen LogP contribution is 2.35. The highest BCUT2D eigenvalue weighted by Gasteiger charge is 2.35. The number of hydrogen-bond acceptors (Lipinski definition) is 6. The van der Waals surface area contributed by atoms with Crippen LogP contribution < -0.4 is 4.74 Å². The van der Waals surface area contributed by atoms with Crippen molar-refractivity contribution in [2.45, 2.75) is 51.4 Å². The molecule has 0 bridgehead atoms. The number of phenolic OH excluding ortho intramolecular Hbond substituents is 1. The van der Waals surface area contributed by atoms with Gasteiger partial charge in [0.1, 0.15) is 23.7 Å². The molecule has 2 atom stereocenters. The number of benzene rings is 3. The molecule has 0 radical (unpaired) electrons. The fourth-order valence-corrected chi connectivity index (χ4v) is 4.68. The van der Waals surface area contributed by atoms with Gasteiger partial charge in [-0.1, -0.05) is 48.5 Å². The lowest BCUT2D eigenvalue weighted by Crippen LogP contribution is -2.48. The monoisotopic (exact) mass is 507 g/mol. The van der Waals surface area contributed by atoms with Crippen LogP contribution in [0.4, 0.5) is 4.79 Å². The molecule has 1 saturated heterocycles. The number of rotatable bonds is 8. The molecule has 1 fully saturated rings. The zero-order valence-electron chi connectivity index (χ0n) is 22.1. The van der Waals surface area contributed by atoms with Crippen LogP contribution in [-0.4, -0.2) is 61.2 Å². The summed E-state index contributed by atoms with van der Waals surface area (Å²) >= 11 is 0. The van der Waals surface area contributed by atoms with Crippen LogP contribution in [0.3, 0.4) is 0 Å². The molecule has 3 aromatic rings. The molecule has 0 saturated carbocycles. The number of carbonyl (C=O) groups is 1. The third kappa shape index (κ3) is 6.93. The van der Waals surface area contributed by atoms with E-state index in [1.54, 1.807) is 24.1 Å². The molecule has 2 unspecified atom stereocenters. The topological polar surface area (TPSA) is 77.5 Å². The van der Waals surface area contributed by atoms with Crippen LogP contribution in [0.15, 0.2) is 60.7 Å². The molecule has 1 aliphatic heterocycles. The van der Waals surface area contributed by atoms with Gasteiger partial charge in [0, 0.05) is 30.5 Å². The first-order chi connectivity index (χ1) is 17.7. The Labute approximate surface area is 218 Å². The van der Waals surface area contributed by atoms with Crippen molar-refractivity contribution in [3.63, 3.8) is 0 Å². The van der Waals surface area contributed by atoms with Crippen LogP contribution in [-0.2, 0) is 20.8 Å². The summed E-state index contributed by atoms with van der Waals surface area (Å²) < 4.78 is 23.5. The summed E-state index contributed by atoms with van der Waals surface area (Å²) in [6.45, 7) is 7.83. The van der Waals surface area contributed by atoms with E-state index in [4.69, 9.17) is 18.9 Å². The van der Waals surface area contributed by atoms with E-state index in [-0.39, 0.29) is 23.9 Å². The average molecular weight is 508 g/mol. The number of aromatic hydroxyl groups is 1. The van der Waals surface area contributed by atoms with Crippen molar-refractivity contribution < 1.29 is 28.8 Å². The number of fused-ring (bicyclic) bond motifs is 1. The van der Waals surface area contributed by atoms with E-state index in [9.17, 15) is 9.90 Å². The average Bonchev–Trinajstić information content (AvgIpc) is 2.87. The highest BCUT2D eigenvalue weighted by molar-refractivity contribution is 5.89. The molecule has 7 heteroatoms. The summed E-state index contributed by atoms with van der Waals surface area (Å²) in [6, 6.07) is 19.5. The van der Waals surface area contributed by atoms with Gasteiger partial charge in [-0.15, -0.1) is 0 Å². The largest absolute Gasteiger partial charge is 0.508 e. The maximum Gasteiger partial charge on any atom is 0.410 e. The first-order valence-electron chi connectivity index (χ1n) is 12.8. The fourth-order valence-electron chi connectivity index (χ4n) is 4.68. The standard InChI is InChI=1S/C30H37NO6/c1-30(2,3)37-29(33)31-16-15-25(22-11-13-24(32)14-12-22)27(19-31)36-20-23-10-9-21-7-5-6-8-26(21)28(23)35-18-17-34-4/h5-14,25,27,32H,15-20H2,1-4H3. The van der Waals surface area contributed by atoms with Gasteiger partial charge in [-0.2, -0.15) is 0 Å². The second-order valence-electron chi connectivity index (χ2n) is 10.4. The molecule has 1 amide bonds. The van der Waals surface area contributed by atoms with Gasteiger partial charge in [-0.25, -0.2) is 4.79 Å². The molecule has 1 aliphatic rings. The van der Waals surface area contributed by atoms with Gasteiger partial charge in [0.25, 0.3) is 0 Å². The molecule has 37 heavy (non-hydrogen) atoms. The highest BCUT2D eigenvalue weighted by atomic mass is 16.6. The summed E-state index contributed by atoms with van der Waals surface area (Å²) in [7, 11) is 1.65. The quantitative estimate of drug-likeness (QED) is 0.384. The fraction of sp³-hybridized carbons (Fsp3) is 0.433. The van der Waals surface area contributed by atoms with Crippen LogP contribution in [0, 0.1) is 0 Å². The van der Waals surface area contributed by atoms with Gasteiger partial charge >= 0.3 is 6.09 Å². The van der Waals surface area contributed by atoms with Crippen molar-refractivity contribution >= 4 is 16.9 Å². The summed E-state index contributed by atoms with van der Waals surface area (Å²) in [5, 5.41) is 11.9. The maximum atomic E-state index is 12.9. The third-order valence-corrected chi connectivity index (χ3v) is 6.48. The second-order valence-corrected chi connectivity index (χ2v) is 10.4. The number of nitrogens with zero attached hydrogens (tertiary/aromatic N) is 1. The number of phenols is 1. The number of hydrogen-bond donors (Lipinski definition) is 1. The zero-order valence-corrected chi connectivity index (χ0v) is 22.1. The van der Waals surface area contributed by atoms with E-state index >= 15 is 0 Å². The summed E-state index contributed by atoms with van der Waals surface area (Å²) in [5.74, 6) is 1.08. The van der Waals surface area contributed by atoms with E-state index in [1.807, 2.05) is 57.2 Å². The van der Waals surface area contributed by atoms with Gasteiger partial charge in [0.15, 0.2) is 0 Å². The number of ether oxygens (including phenoxy) is 4. The molecular formula is C30H37NO6. The molecule has 0 aromatic heterocycles. The van der Waals surface area contributed by atoms with E-state index in [2.05, 4.69) is 12.1 Å². The number of piperidine rings is 1. The number of carbonyl (C=O) groups excluding carboxylic acids is 1. The Balaban J connectivity index is 1.58. The maximum absolute atomic E-state index is 12.9. The SMILES string of the molecule is COCCOc1c(COC2CN(C(=O)OC(C)(C)C)CCC2c2ccc(O)cc2)ccc2ccccc12. The second kappa shape index (κ2) is 11.8. The van der Waals surface area contributed by atoms with E-state index in [0.29, 0.717) is 32.9 Å². The smallest absolute Gasteiger partial charge is 0.410 e. The Morgan fingerprint density at radius 1 is 1.03 bits per heavy atom. The van der Waals surface area contributed by atoms with Gasteiger partial charge in [-0.05, 0) is 50.3 Å². The molecule has 4 rings (SSSR count). The molecule has 198 valence electrons. The van der Waals surface area contributed by atoms with Gasteiger partial charge in [0.2, 0.25) is 0 Å². The van der Waals surface area contributed by atoms with Crippen LogP contribution >= 0.6 is 0 Å². The minimum atomic E-state index is -0.569. The molecule has 7 nitrogen and oxygen atoms in total. The minimum absolute atomic E-state index is 0.0672. The Bertz CT molecular complexity index is 1190. The molecule has 0 aliphatic carbocycles. The van der Waals surface area contributed by atoms with Gasteiger partial charge in [-0.3, -0.25) is 0 Å². The van der Waals surface area contributed by atoms with Gasteiger partial charge < -0.3 is 29.0 Å². The summed E-state index contributed by atoms with van der Waals surface area (Å²) in [6.07, 6.45) is 0.132. The predicted octanol–water partition coefficient (Wildman–Crippen LogP) is 5.88.